The molecule has 0 bridgehead atoms. The summed E-state index contributed by atoms with van der Waals surface area (Å²) in [6.45, 7) is 6.20. The number of hydrogen-bond acceptors (Lipinski definition) is 8. The highest BCUT2D eigenvalue weighted by molar-refractivity contribution is 9.10. The summed E-state index contributed by atoms with van der Waals surface area (Å²) < 4.78 is 74.3. The van der Waals surface area contributed by atoms with E-state index < -0.39 is 54.0 Å². The van der Waals surface area contributed by atoms with Crippen LogP contribution >= 0.6 is 15.9 Å². The average molecular weight is 571 g/mol. The number of carbonyl (C=O) groups excluding carboxylic acids is 1. The van der Waals surface area contributed by atoms with Crippen molar-refractivity contribution < 1.29 is 34.9 Å². The highest BCUT2D eigenvalue weighted by Gasteiger charge is 2.49. The minimum atomic E-state index is -3.95. The molecule has 186 valence electrons. The number of aliphatic imine (C=N–C) groups is 1. The van der Waals surface area contributed by atoms with Crippen LogP contribution in [0, 0.1) is 5.82 Å². The number of amides is 1. The van der Waals surface area contributed by atoms with Gasteiger partial charge in [0.05, 0.1) is 18.1 Å². The van der Waals surface area contributed by atoms with Crippen molar-refractivity contribution in [1.29, 1.82) is 0 Å². The second-order valence-electron chi connectivity index (χ2n) is 8.92. The molecule has 0 radical (unpaired) electrons. The molecule has 0 saturated carbocycles. The molecule has 1 N–H and O–H groups in total. The molecule has 1 aromatic rings. The zero-order valence-electron chi connectivity index (χ0n) is 19.0. The van der Waals surface area contributed by atoms with E-state index in [9.17, 15) is 26.0 Å². The van der Waals surface area contributed by atoms with Gasteiger partial charge in [0.2, 0.25) is 0 Å². The van der Waals surface area contributed by atoms with Crippen LogP contribution in [0.2, 0.25) is 0 Å². The van der Waals surface area contributed by atoms with E-state index in [1.165, 1.54) is 25.1 Å². The normalized spacial score (nSPS) is 23.0. The van der Waals surface area contributed by atoms with Gasteiger partial charge in [-0.15, -0.1) is 0 Å². The molecule has 0 unspecified atom stereocenters. The first-order valence-electron chi connectivity index (χ1n) is 10.0. The summed E-state index contributed by atoms with van der Waals surface area (Å²) in [5, 5.41) is 1.18. The van der Waals surface area contributed by atoms with Crippen molar-refractivity contribution in [3.63, 3.8) is 0 Å². The SMILES string of the molecule is CC(C)(C)OC(=O)NC1=N[C@](C)(c2cc(Br)ccc2F)[C@@H](CCCOS(C)(=O)=O)S(=O)(=O)C1. The molecule has 2 atom stereocenters. The molecule has 0 saturated heterocycles. The van der Waals surface area contributed by atoms with Crippen molar-refractivity contribution in [3.8, 4) is 0 Å². The summed E-state index contributed by atoms with van der Waals surface area (Å²) in [7, 11) is -7.64. The van der Waals surface area contributed by atoms with E-state index in [1.54, 1.807) is 20.8 Å². The molecule has 0 fully saturated rings. The lowest BCUT2D eigenvalue weighted by molar-refractivity contribution is 0.0562. The molecule has 0 aliphatic carbocycles. The van der Waals surface area contributed by atoms with Gasteiger partial charge in [-0.25, -0.2) is 17.6 Å². The predicted octanol–water partition coefficient (Wildman–Crippen LogP) is 3.28. The number of rotatable bonds is 6. The molecule has 0 aromatic heterocycles. The van der Waals surface area contributed by atoms with Crippen molar-refractivity contribution in [1.82, 2.24) is 5.32 Å². The Morgan fingerprint density at radius 2 is 2.00 bits per heavy atom. The van der Waals surface area contributed by atoms with Gasteiger partial charge in [0.1, 0.15) is 28.5 Å². The maximum Gasteiger partial charge on any atom is 0.413 e. The van der Waals surface area contributed by atoms with E-state index in [4.69, 9.17) is 8.92 Å². The Morgan fingerprint density at radius 1 is 1.36 bits per heavy atom. The molecule has 1 aliphatic heterocycles. The number of nitrogens with zero attached hydrogens (tertiary/aromatic N) is 1. The van der Waals surface area contributed by atoms with Crippen molar-refractivity contribution in [2.75, 3.05) is 18.6 Å². The fraction of sp³-hybridized carbons (Fsp3) is 0.600. The zero-order chi connectivity index (χ0) is 25.2. The number of nitrogens with one attached hydrogen (secondary N) is 1. The Kier molecular flexibility index (Phi) is 8.36. The highest BCUT2D eigenvalue weighted by atomic mass is 79.9. The Hall–Kier alpha value is -1.57. The first-order chi connectivity index (χ1) is 14.9. The quantitative estimate of drug-likeness (QED) is 0.410. The monoisotopic (exact) mass is 570 g/mol. The lowest BCUT2D eigenvalue weighted by Gasteiger charge is -2.39. The van der Waals surface area contributed by atoms with E-state index in [1.807, 2.05) is 0 Å². The molecule has 1 amide bonds. The van der Waals surface area contributed by atoms with E-state index in [0.717, 1.165) is 6.26 Å². The van der Waals surface area contributed by atoms with Gasteiger partial charge in [0.25, 0.3) is 10.1 Å². The van der Waals surface area contributed by atoms with Gasteiger partial charge in [-0.2, -0.15) is 8.42 Å². The van der Waals surface area contributed by atoms with Crippen LogP contribution in [0.5, 0.6) is 0 Å². The van der Waals surface area contributed by atoms with E-state index in [0.29, 0.717) is 4.47 Å². The number of sulfone groups is 1. The Bertz CT molecular complexity index is 1150. The number of alkyl carbamates (subject to hydrolysis) is 1. The first kappa shape index (κ1) is 27.7. The predicted molar refractivity (Wildman–Crippen MR) is 126 cm³/mol. The third-order valence-corrected chi connectivity index (χ3v) is 8.12. The molecule has 1 heterocycles. The molecule has 2 rings (SSSR count). The van der Waals surface area contributed by atoms with Crippen LogP contribution in [0.25, 0.3) is 0 Å². The minimum absolute atomic E-state index is 0.0117. The lowest BCUT2D eigenvalue weighted by atomic mass is 9.86. The second-order valence-corrected chi connectivity index (χ2v) is 13.7. The number of amidine groups is 1. The van der Waals surface area contributed by atoms with Gasteiger partial charge in [-0.1, -0.05) is 15.9 Å². The molecule has 9 nitrogen and oxygen atoms in total. The fourth-order valence-electron chi connectivity index (χ4n) is 3.57. The van der Waals surface area contributed by atoms with Crippen LogP contribution in [-0.4, -0.2) is 58.2 Å². The number of carbonyl (C=O) groups is 1. The minimum Gasteiger partial charge on any atom is -0.444 e. The summed E-state index contributed by atoms with van der Waals surface area (Å²) >= 11 is 3.27. The van der Waals surface area contributed by atoms with Gasteiger partial charge < -0.3 is 4.74 Å². The van der Waals surface area contributed by atoms with Crippen LogP contribution in [0.3, 0.4) is 0 Å². The Morgan fingerprint density at radius 3 is 2.58 bits per heavy atom. The average Bonchev–Trinajstić information content (AvgIpc) is 2.59. The molecular formula is C20H28BrFN2O7S2. The molecule has 33 heavy (non-hydrogen) atoms. The molecule has 1 aromatic carbocycles. The Balaban J connectivity index is 2.48. The molecule has 1 aliphatic rings. The summed E-state index contributed by atoms with van der Waals surface area (Å²) in [6.07, 6.45) is 0.0499. The smallest absolute Gasteiger partial charge is 0.413 e. The van der Waals surface area contributed by atoms with Crippen LogP contribution in [0.15, 0.2) is 27.7 Å². The zero-order valence-corrected chi connectivity index (χ0v) is 22.2. The van der Waals surface area contributed by atoms with Gasteiger partial charge in [-0.3, -0.25) is 14.5 Å². The van der Waals surface area contributed by atoms with E-state index in [-0.39, 0.29) is 30.8 Å². The number of benzene rings is 1. The summed E-state index contributed by atoms with van der Waals surface area (Å²) in [6, 6.07) is 4.09. The fourth-order valence-corrected chi connectivity index (χ4v) is 6.48. The van der Waals surface area contributed by atoms with Crippen LogP contribution in [0.4, 0.5) is 9.18 Å². The molecular weight excluding hydrogens is 543 g/mol. The topological polar surface area (TPSA) is 128 Å². The van der Waals surface area contributed by atoms with E-state index in [2.05, 4.69) is 26.2 Å². The standard InChI is InChI=1S/C20H28BrFN2O7S2/c1-19(2,3)31-18(25)23-17-12-33(28,29)16(7-6-10-30-32(5,26)27)20(4,24-17)14-11-13(21)8-9-15(14)22/h8-9,11,16H,6-7,10,12H2,1-5H3,(H,23,24,25)/t16-,20-/m1/s1. The van der Waals surface area contributed by atoms with Crippen LogP contribution < -0.4 is 5.32 Å². The van der Waals surface area contributed by atoms with Gasteiger partial charge in [0, 0.05) is 10.0 Å². The summed E-state index contributed by atoms with van der Waals surface area (Å²) in [5.41, 5.74) is -2.42. The summed E-state index contributed by atoms with van der Waals surface area (Å²) in [4.78, 5) is 16.7. The van der Waals surface area contributed by atoms with E-state index >= 15 is 0 Å². The number of hydrogen-bond donors (Lipinski definition) is 1. The molecule has 0 spiro atoms. The maximum absolute atomic E-state index is 14.9. The highest BCUT2D eigenvalue weighted by Crippen LogP contribution is 2.41. The van der Waals surface area contributed by atoms with Crippen molar-refractivity contribution in [2.45, 2.75) is 56.9 Å². The van der Waals surface area contributed by atoms with Crippen molar-refractivity contribution >= 4 is 47.8 Å². The Labute approximate surface area is 202 Å². The third kappa shape index (κ3) is 7.72. The van der Waals surface area contributed by atoms with Crippen molar-refractivity contribution in [2.24, 2.45) is 4.99 Å². The summed E-state index contributed by atoms with van der Waals surface area (Å²) in [5.74, 6) is -1.43. The van der Waals surface area contributed by atoms with Crippen LogP contribution in [-0.2, 0) is 34.4 Å². The molecule has 13 heteroatoms. The van der Waals surface area contributed by atoms with Crippen LogP contribution in [0.1, 0.15) is 46.1 Å². The maximum atomic E-state index is 14.9. The third-order valence-electron chi connectivity index (χ3n) is 4.79. The van der Waals surface area contributed by atoms with Crippen molar-refractivity contribution in [3.05, 3.63) is 34.1 Å². The number of ether oxygens (including phenoxy) is 1. The lowest BCUT2D eigenvalue weighted by Crippen LogP contribution is -2.52. The van der Waals surface area contributed by atoms with Gasteiger partial charge >= 0.3 is 6.09 Å². The number of halogens is 2. The largest absolute Gasteiger partial charge is 0.444 e. The van der Waals surface area contributed by atoms with Gasteiger partial charge in [-0.05, 0) is 58.7 Å². The first-order valence-corrected chi connectivity index (χ1v) is 14.4. The van der Waals surface area contributed by atoms with Gasteiger partial charge in [0.15, 0.2) is 9.84 Å². The second kappa shape index (κ2) is 9.96.